The van der Waals surface area contributed by atoms with E-state index in [1.165, 1.54) is 6.07 Å². The van der Waals surface area contributed by atoms with Crippen LogP contribution in [0.25, 0.3) is 0 Å². The molecule has 0 radical (unpaired) electrons. The van der Waals surface area contributed by atoms with Crippen LogP contribution in [0, 0.1) is 0 Å². The molecule has 1 rings (SSSR count). The van der Waals surface area contributed by atoms with Crippen molar-refractivity contribution < 1.29 is 17.9 Å². The zero-order chi connectivity index (χ0) is 13.8. The zero-order valence-electron chi connectivity index (χ0n) is 10.1. The quantitative estimate of drug-likeness (QED) is 0.881. The Kier molecular flexibility index (Phi) is 5.47. The summed E-state index contributed by atoms with van der Waals surface area (Å²) in [6, 6.07) is 2.84. The van der Waals surface area contributed by atoms with E-state index >= 15 is 0 Å². The van der Waals surface area contributed by atoms with E-state index in [-0.39, 0.29) is 12.1 Å². The van der Waals surface area contributed by atoms with E-state index in [1.807, 2.05) is 6.92 Å². The molecule has 0 spiro atoms. The van der Waals surface area contributed by atoms with E-state index in [4.69, 9.17) is 4.74 Å². The van der Waals surface area contributed by atoms with Crippen LogP contribution in [0.1, 0.15) is 25.5 Å². The van der Waals surface area contributed by atoms with Gasteiger partial charge in [-0.3, -0.25) is 0 Å². The van der Waals surface area contributed by atoms with Crippen molar-refractivity contribution in [3.05, 3.63) is 28.2 Å². The van der Waals surface area contributed by atoms with Crippen LogP contribution < -0.4 is 10.1 Å². The van der Waals surface area contributed by atoms with Crippen LogP contribution in [0.4, 0.5) is 13.2 Å². The number of alkyl halides is 3. The summed E-state index contributed by atoms with van der Waals surface area (Å²) in [5.41, 5.74) is 0.160. The summed E-state index contributed by atoms with van der Waals surface area (Å²) < 4.78 is 44.3. The minimum absolute atomic E-state index is 0.160. The van der Waals surface area contributed by atoms with Crippen LogP contribution in [-0.4, -0.2) is 19.3 Å². The lowest BCUT2D eigenvalue weighted by Gasteiger charge is -2.22. The summed E-state index contributed by atoms with van der Waals surface area (Å²) in [7, 11) is 0. The number of ether oxygens (including phenoxy) is 1. The van der Waals surface area contributed by atoms with Gasteiger partial charge in [-0.05, 0) is 31.2 Å². The molecule has 102 valence electrons. The predicted octanol–water partition coefficient (Wildman–Crippen LogP) is 4.06. The van der Waals surface area contributed by atoms with Gasteiger partial charge in [-0.1, -0.05) is 28.9 Å². The van der Waals surface area contributed by atoms with Gasteiger partial charge in [0.2, 0.25) is 0 Å². The molecule has 1 atom stereocenters. The summed E-state index contributed by atoms with van der Waals surface area (Å²) in [6.07, 6.45) is -4.33. The smallest absolute Gasteiger partial charge is 0.407 e. The molecular formula is C12H15BrF3NO. The van der Waals surface area contributed by atoms with Gasteiger partial charge in [0, 0.05) is 4.47 Å². The molecule has 1 aromatic rings. The SMILES string of the molecule is CCNC(c1ccc(OCC)cc1Br)C(F)(F)F. The van der Waals surface area contributed by atoms with Crippen molar-refractivity contribution in [2.24, 2.45) is 0 Å². The van der Waals surface area contributed by atoms with E-state index in [0.717, 1.165) is 0 Å². The number of halogens is 4. The highest BCUT2D eigenvalue weighted by molar-refractivity contribution is 9.10. The van der Waals surface area contributed by atoms with Crippen LogP contribution in [0.15, 0.2) is 22.7 Å². The number of rotatable bonds is 5. The summed E-state index contributed by atoms with van der Waals surface area (Å²) in [5, 5.41) is 2.44. The average molecular weight is 326 g/mol. The van der Waals surface area contributed by atoms with Crippen molar-refractivity contribution in [3.8, 4) is 5.75 Å². The largest absolute Gasteiger partial charge is 0.494 e. The maximum atomic E-state index is 12.9. The fourth-order valence-corrected chi connectivity index (χ4v) is 2.19. The average Bonchev–Trinajstić information content (AvgIpc) is 2.26. The first kappa shape index (κ1) is 15.3. The second kappa shape index (κ2) is 6.43. The summed E-state index contributed by atoms with van der Waals surface area (Å²) in [4.78, 5) is 0. The Labute approximate surface area is 113 Å². The first-order valence-electron chi connectivity index (χ1n) is 5.62. The molecule has 0 saturated carbocycles. The Morgan fingerprint density at radius 2 is 2.00 bits per heavy atom. The lowest BCUT2D eigenvalue weighted by molar-refractivity contribution is -0.157. The molecule has 0 saturated heterocycles. The van der Waals surface area contributed by atoms with Crippen LogP contribution in [-0.2, 0) is 0 Å². The molecule has 2 nitrogen and oxygen atoms in total. The van der Waals surface area contributed by atoms with Crippen LogP contribution in [0.2, 0.25) is 0 Å². The monoisotopic (exact) mass is 325 g/mol. The molecule has 0 amide bonds. The van der Waals surface area contributed by atoms with Gasteiger partial charge in [-0.15, -0.1) is 0 Å². The van der Waals surface area contributed by atoms with Crippen molar-refractivity contribution in [1.82, 2.24) is 5.32 Å². The molecule has 0 aliphatic rings. The van der Waals surface area contributed by atoms with Crippen LogP contribution in [0.3, 0.4) is 0 Å². The van der Waals surface area contributed by atoms with Gasteiger partial charge in [0.1, 0.15) is 11.8 Å². The number of benzene rings is 1. The second-order valence-electron chi connectivity index (χ2n) is 3.65. The molecule has 1 N–H and O–H groups in total. The molecular weight excluding hydrogens is 311 g/mol. The van der Waals surface area contributed by atoms with Crippen molar-refractivity contribution in [3.63, 3.8) is 0 Å². The summed E-state index contributed by atoms with van der Waals surface area (Å²) >= 11 is 3.16. The molecule has 0 aliphatic heterocycles. The number of hydrogen-bond donors (Lipinski definition) is 1. The molecule has 1 aromatic carbocycles. The van der Waals surface area contributed by atoms with Gasteiger partial charge in [0.15, 0.2) is 0 Å². The zero-order valence-corrected chi connectivity index (χ0v) is 11.7. The lowest BCUT2D eigenvalue weighted by atomic mass is 10.1. The lowest BCUT2D eigenvalue weighted by Crippen LogP contribution is -2.34. The molecule has 0 bridgehead atoms. The third-order valence-corrected chi connectivity index (χ3v) is 3.02. The van der Waals surface area contributed by atoms with Gasteiger partial charge in [-0.25, -0.2) is 0 Å². The highest BCUT2D eigenvalue weighted by Gasteiger charge is 2.41. The maximum absolute atomic E-state index is 12.9. The Bertz CT molecular complexity index is 395. The van der Waals surface area contributed by atoms with Gasteiger partial charge in [0.05, 0.1) is 6.61 Å². The minimum Gasteiger partial charge on any atom is -0.494 e. The third kappa shape index (κ3) is 3.88. The van der Waals surface area contributed by atoms with Gasteiger partial charge >= 0.3 is 6.18 Å². The highest BCUT2D eigenvalue weighted by Crippen LogP contribution is 2.37. The Morgan fingerprint density at radius 1 is 1.33 bits per heavy atom. The normalized spacial score (nSPS) is 13.4. The number of hydrogen-bond acceptors (Lipinski definition) is 2. The molecule has 18 heavy (non-hydrogen) atoms. The Hall–Kier alpha value is -0.750. The Morgan fingerprint density at radius 3 is 2.44 bits per heavy atom. The molecule has 0 heterocycles. The van der Waals surface area contributed by atoms with E-state index in [9.17, 15) is 13.2 Å². The maximum Gasteiger partial charge on any atom is 0.407 e. The van der Waals surface area contributed by atoms with Crippen molar-refractivity contribution in [2.45, 2.75) is 26.1 Å². The van der Waals surface area contributed by atoms with Crippen molar-refractivity contribution >= 4 is 15.9 Å². The summed E-state index contributed by atoms with van der Waals surface area (Å²) in [6.45, 7) is 4.17. The molecule has 0 aromatic heterocycles. The van der Waals surface area contributed by atoms with E-state index < -0.39 is 12.2 Å². The second-order valence-corrected chi connectivity index (χ2v) is 4.50. The van der Waals surface area contributed by atoms with E-state index in [0.29, 0.717) is 16.8 Å². The van der Waals surface area contributed by atoms with Crippen LogP contribution in [0.5, 0.6) is 5.75 Å². The van der Waals surface area contributed by atoms with E-state index in [2.05, 4.69) is 21.2 Å². The summed E-state index contributed by atoms with van der Waals surface area (Å²) in [5.74, 6) is 0.547. The van der Waals surface area contributed by atoms with Gasteiger partial charge < -0.3 is 10.1 Å². The third-order valence-electron chi connectivity index (χ3n) is 2.33. The Balaban J connectivity index is 3.06. The standard InChI is InChI=1S/C12H15BrF3NO/c1-3-17-11(12(14,15)16)9-6-5-8(18-4-2)7-10(9)13/h5-7,11,17H,3-4H2,1-2H3. The topological polar surface area (TPSA) is 21.3 Å². The van der Waals surface area contributed by atoms with E-state index in [1.54, 1.807) is 19.1 Å². The molecule has 6 heteroatoms. The van der Waals surface area contributed by atoms with Gasteiger partial charge in [-0.2, -0.15) is 13.2 Å². The van der Waals surface area contributed by atoms with Gasteiger partial charge in [0.25, 0.3) is 0 Å². The first-order valence-corrected chi connectivity index (χ1v) is 6.41. The predicted molar refractivity (Wildman–Crippen MR) is 67.8 cm³/mol. The fraction of sp³-hybridized carbons (Fsp3) is 0.500. The van der Waals surface area contributed by atoms with Crippen molar-refractivity contribution in [2.75, 3.05) is 13.2 Å². The molecule has 1 unspecified atom stereocenters. The highest BCUT2D eigenvalue weighted by atomic mass is 79.9. The fourth-order valence-electron chi connectivity index (χ4n) is 1.60. The first-order chi connectivity index (χ1) is 8.40. The van der Waals surface area contributed by atoms with Crippen LogP contribution >= 0.6 is 15.9 Å². The molecule has 0 aliphatic carbocycles. The van der Waals surface area contributed by atoms with Crippen molar-refractivity contribution in [1.29, 1.82) is 0 Å². The molecule has 0 fully saturated rings. The number of nitrogens with one attached hydrogen (secondary N) is 1. The minimum atomic E-state index is -4.33.